The number of methoxy groups -OCH3 is 1. The fourth-order valence-corrected chi connectivity index (χ4v) is 1.94. The highest BCUT2D eigenvalue weighted by Crippen LogP contribution is 2.26. The molecule has 17 heavy (non-hydrogen) atoms. The Morgan fingerprint density at radius 3 is 2.06 bits per heavy atom. The van der Waals surface area contributed by atoms with Crippen molar-refractivity contribution in [1.82, 2.24) is 0 Å². The van der Waals surface area contributed by atoms with Crippen molar-refractivity contribution in [3.05, 3.63) is 0 Å². The van der Waals surface area contributed by atoms with Crippen molar-refractivity contribution in [2.45, 2.75) is 52.2 Å². The highest BCUT2D eigenvalue weighted by Gasteiger charge is 2.29. The average Bonchev–Trinajstić information content (AvgIpc) is 2.21. The lowest BCUT2D eigenvalue weighted by atomic mass is 9.87. The zero-order chi connectivity index (χ0) is 13.7. The van der Waals surface area contributed by atoms with E-state index in [0.29, 0.717) is 18.6 Å². The Bertz CT molecular complexity index is 277. The zero-order valence-electron chi connectivity index (χ0n) is 11.8. The van der Waals surface area contributed by atoms with E-state index in [2.05, 4.69) is 20.8 Å². The maximum atomic E-state index is 11.7. The van der Waals surface area contributed by atoms with Gasteiger partial charge in [0.05, 0.1) is 18.3 Å². The molecule has 0 aromatic heterocycles. The summed E-state index contributed by atoms with van der Waals surface area (Å²) in [5.74, 6) is 0.455. The fourth-order valence-electron chi connectivity index (χ4n) is 1.20. The summed E-state index contributed by atoms with van der Waals surface area (Å²) in [7, 11) is 1.38. The van der Waals surface area contributed by atoms with Gasteiger partial charge in [-0.05, 0) is 20.3 Å². The molecule has 100 valence electrons. The minimum atomic E-state index is -0.573. The summed E-state index contributed by atoms with van der Waals surface area (Å²) in [5, 5.41) is 0. The highest BCUT2D eigenvalue weighted by atomic mass is 32.2. The number of rotatable bonds is 6. The second-order valence-electron chi connectivity index (χ2n) is 5.82. The molecule has 0 unspecified atom stereocenters. The summed E-state index contributed by atoms with van der Waals surface area (Å²) in [6, 6.07) is 0. The predicted molar refractivity (Wildman–Crippen MR) is 72.2 cm³/mol. The van der Waals surface area contributed by atoms with E-state index in [9.17, 15) is 9.59 Å². The Morgan fingerprint density at radius 1 is 1.12 bits per heavy atom. The van der Waals surface area contributed by atoms with Gasteiger partial charge in [-0.2, -0.15) is 0 Å². The van der Waals surface area contributed by atoms with Gasteiger partial charge in [-0.25, -0.2) is 0 Å². The summed E-state index contributed by atoms with van der Waals surface area (Å²) < 4.78 is 4.81. The quantitative estimate of drug-likeness (QED) is 0.688. The summed E-state index contributed by atoms with van der Waals surface area (Å²) in [6.07, 6.45) is 0.981. The largest absolute Gasteiger partial charge is 0.469 e. The van der Waals surface area contributed by atoms with E-state index in [1.807, 2.05) is 13.8 Å². The van der Waals surface area contributed by atoms with Gasteiger partial charge in [-0.15, -0.1) is 11.8 Å². The molecule has 0 heterocycles. The van der Waals surface area contributed by atoms with Gasteiger partial charge in [0.15, 0.2) is 0 Å². The molecule has 0 aliphatic carbocycles. The molecular weight excluding hydrogens is 236 g/mol. The minimum Gasteiger partial charge on any atom is -0.469 e. The number of hydrogen-bond acceptors (Lipinski definition) is 4. The number of ether oxygens (including phenoxy) is 1. The number of carbonyl (C=O) groups excluding carboxylic acids is 2. The summed E-state index contributed by atoms with van der Waals surface area (Å²) in [4.78, 5) is 23.1. The third-order valence-corrected chi connectivity index (χ3v) is 3.77. The van der Waals surface area contributed by atoms with Crippen LogP contribution in [0.2, 0.25) is 0 Å². The number of ketones is 1. The molecule has 0 saturated carbocycles. The van der Waals surface area contributed by atoms with Gasteiger partial charge in [-0.1, -0.05) is 20.8 Å². The molecule has 0 N–H and O–H groups in total. The minimum absolute atomic E-state index is 0.105. The SMILES string of the molecule is COC(=O)C(C)(C)CCC(=O)CSC(C)(C)C. The number of carbonyl (C=O) groups is 2. The molecule has 3 nitrogen and oxygen atoms in total. The van der Waals surface area contributed by atoms with Gasteiger partial charge >= 0.3 is 5.97 Å². The standard InChI is InChI=1S/C13H24O3S/c1-12(2,3)17-9-10(14)7-8-13(4,5)11(15)16-6/h7-9H2,1-6H3. The Labute approximate surface area is 109 Å². The lowest BCUT2D eigenvalue weighted by molar-refractivity contribution is -0.151. The monoisotopic (exact) mass is 260 g/mol. The van der Waals surface area contributed by atoms with Crippen LogP contribution in [-0.2, 0) is 14.3 Å². The van der Waals surface area contributed by atoms with Gasteiger partial charge < -0.3 is 4.74 Å². The van der Waals surface area contributed by atoms with Gasteiger partial charge in [-0.3, -0.25) is 9.59 Å². The third kappa shape index (κ3) is 7.42. The first-order valence-corrected chi connectivity index (χ1v) is 6.81. The molecule has 0 fully saturated rings. The topological polar surface area (TPSA) is 43.4 Å². The maximum Gasteiger partial charge on any atom is 0.311 e. The molecule has 4 heteroatoms. The van der Waals surface area contributed by atoms with Crippen molar-refractivity contribution in [2.75, 3.05) is 12.9 Å². The molecule has 0 aromatic rings. The normalized spacial score (nSPS) is 12.4. The van der Waals surface area contributed by atoms with Crippen LogP contribution in [0.5, 0.6) is 0 Å². The van der Waals surface area contributed by atoms with Crippen LogP contribution >= 0.6 is 11.8 Å². The molecule has 0 saturated heterocycles. The average molecular weight is 260 g/mol. The first-order valence-electron chi connectivity index (χ1n) is 5.82. The van der Waals surface area contributed by atoms with E-state index in [1.165, 1.54) is 7.11 Å². The van der Waals surface area contributed by atoms with E-state index in [-0.39, 0.29) is 16.5 Å². The van der Waals surface area contributed by atoms with E-state index in [4.69, 9.17) is 4.74 Å². The summed E-state index contributed by atoms with van der Waals surface area (Å²) >= 11 is 1.64. The Morgan fingerprint density at radius 2 is 1.65 bits per heavy atom. The van der Waals surface area contributed by atoms with Crippen molar-refractivity contribution in [3.8, 4) is 0 Å². The van der Waals surface area contributed by atoms with E-state index < -0.39 is 5.41 Å². The Hall–Kier alpha value is -0.510. The molecule has 0 rings (SSSR count). The van der Waals surface area contributed by atoms with Gasteiger partial charge in [0, 0.05) is 11.2 Å². The molecule has 0 radical (unpaired) electrons. The molecule has 0 atom stereocenters. The molecule has 0 aliphatic rings. The van der Waals surface area contributed by atoms with Gasteiger partial charge in [0.25, 0.3) is 0 Å². The van der Waals surface area contributed by atoms with Crippen LogP contribution in [0.15, 0.2) is 0 Å². The number of thioether (sulfide) groups is 1. The first kappa shape index (κ1) is 16.5. The van der Waals surface area contributed by atoms with E-state index in [1.54, 1.807) is 11.8 Å². The predicted octanol–water partition coefficient (Wildman–Crippen LogP) is 3.07. The summed E-state index contributed by atoms with van der Waals surface area (Å²) in [5.41, 5.74) is -0.573. The van der Waals surface area contributed by atoms with Crippen molar-refractivity contribution in [2.24, 2.45) is 5.41 Å². The Balaban J connectivity index is 4.04. The smallest absolute Gasteiger partial charge is 0.311 e. The van der Waals surface area contributed by atoms with Crippen LogP contribution in [0.4, 0.5) is 0 Å². The van der Waals surface area contributed by atoms with Crippen LogP contribution < -0.4 is 0 Å². The maximum absolute atomic E-state index is 11.7. The van der Waals surface area contributed by atoms with E-state index in [0.717, 1.165) is 0 Å². The lowest BCUT2D eigenvalue weighted by Crippen LogP contribution is -2.26. The molecule has 0 spiro atoms. The molecular formula is C13H24O3S. The second-order valence-corrected chi connectivity index (χ2v) is 7.62. The van der Waals surface area contributed by atoms with Crippen LogP contribution in [0.3, 0.4) is 0 Å². The van der Waals surface area contributed by atoms with Crippen molar-refractivity contribution >= 4 is 23.5 Å². The van der Waals surface area contributed by atoms with Crippen LogP contribution in [0.25, 0.3) is 0 Å². The number of esters is 1. The molecule has 0 bridgehead atoms. The van der Waals surface area contributed by atoms with E-state index >= 15 is 0 Å². The van der Waals surface area contributed by atoms with Crippen LogP contribution in [0.1, 0.15) is 47.5 Å². The first-order chi connectivity index (χ1) is 7.58. The van der Waals surface area contributed by atoms with Gasteiger partial charge in [0.1, 0.15) is 5.78 Å². The summed E-state index contributed by atoms with van der Waals surface area (Å²) in [6.45, 7) is 9.88. The van der Waals surface area contributed by atoms with Crippen LogP contribution in [0, 0.1) is 5.41 Å². The highest BCUT2D eigenvalue weighted by molar-refractivity contribution is 8.01. The zero-order valence-corrected chi connectivity index (χ0v) is 12.6. The lowest BCUT2D eigenvalue weighted by Gasteiger charge is -2.21. The third-order valence-electron chi connectivity index (χ3n) is 2.43. The Kier molecular flexibility index (Phi) is 6.24. The molecule has 0 aromatic carbocycles. The fraction of sp³-hybridized carbons (Fsp3) is 0.846. The number of hydrogen-bond donors (Lipinski definition) is 0. The molecule has 0 amide bonds. The van der Waals surface area contributed by atoms with Crippen LogP contribution in [-0.4, -0.2) is 29.4 Å². The van der Waals surface area contributed by atoms with Crippen molar-refractivity contribution in [1.29, 1.82) is 0 Å². The number of Topliss-reactive ketones (excluding diaryl/α,β-unsaturated/α-hetero) is 1. The van der Waals surface area contributed by atoms with Crippen molar-refractivity contribution < 1.29 is 14.3 Å². The second kappa shape index (κ2) is 6.43. The molecule has 0 aliphatic heterocycles. The van der Waals surface area contributed by atoms with Crippen molar-refractivity contribution in [3.63, 3.8) is 0 Å². The van der Waals surface area contributed by atoms with Gasteiger partial charge in [0.2, 0.25) is 0 Å².